The predicted octanol–water partition coefficient (Wildman–Crippen LogP) is 5.52. The molecule has 0 saturated heterocycles. The lowest BCUT2D eigenvalue weighted by Gasteiger charge is -2.13. The van der Waals surface area contributed by atoms with E-state index in [4.69, 9.17) is 23.2 Å². The Hall–Kier alpha value is -1.52. The van der Waals surface area contributed by atoms with E-state index < -0.39 is 22.9 Å². The van der Waals surface area contributed by atoms with Gasteiger partial charge in [0.25, 0.3) is 0 Å². The lowest BCUT2D eigenvalue weighted by Crippen LogP contribution is -2.11. The monoisotopic (exact) mass is 332 g/mol. The van der Waals surface area contributed by atoms with Gasteiger partial charge in [0.2, 0.25) is 0 Å². The summed E-state index contributed by atoms with van der Waals surface area (Å²) in [6.45, 7) is 0. The maximum atomic E-state index is 12.7. The van der Waals surface area contributed by atoms with Crippen LogP contribution in [0.4, 0.5) is 13.2 Å². The minimum atomic E-state index is -4.55. The van der Waals surface area contributed by atoms with E-state index in [1.807, 2.05) is 0 Å². The van der Waals surface area contributed by atoms with Gasteiger partial charge in [-0.05, 0) is 23.8 Å². The molecule has 0 spiro atoms. The van der Waals surface area contributed by atoms with Gasteiger partial charge in [0.05, 0.1) is 10.6 Å². The molecule has 1 atom stereocenters. The summed E-state index contributed by atoms with van der Waals surface area (Å²) in [7, 11) is 0. The van der Waals surface area contributed by atoms with Gasteiger partial charge in [0, 0.05) is 5.56 Å². The quantitative estimate of drug-likeness (QED) is 0.534. The number of alkyl halides is 4. The first-order valence-electron chi connectivity index (χ1n) is 5.90. The van der Waals surface area contributed by atoms with Crippen molar-refractivity contribution in [2.45, 2.75) is 11.6 Å². The Balaban J connectivity index is 2.39. The van der Waals surface area contributed by atoms with E-state index >= 15 is 0 Å². The molecule has 0 heterocycles. The maximum Gasteiger partial charge on any atom is 0.416 e. The Bertz CT molecular complexity index is 654. The zero-order chi connectivity index (χ0) is 15.6. The van der Waals surface area contributed by atoms with E-state index in [1.54, 1.807) is 30.3 Å². The van der Waals surface area contributed by atoms with Gasteiger partial charge in [-0.1, -0.05) is 41.9 Å². The van der Waals surface area contributed by atoms with Crippen LogP contribution in [0.1, 0.15) is 26.9 Å². The molecule has 21 heavy (non-hydrogen) atoms. The molecule has 1 unspecified atom stereocenters. The van der Waals surface area contributed by atoms with E-state index in [0.29, 0.717) is 5.56 Å². The zero-order valence-electron chi connectivity index (χ0n) is 10.5. The van der Waals surface area contributed by atoms with Crippen molar-refractivity contribution in [1.82, 2.24) is 0 Å². The number of rotatable bonds is 3. The van der Waals surface area contributed by atoms with Crippen LogP contribution >= 0.6 is 23.2 Å². The van der Waals surface area contributed by atoms with Crippen LogP contribution in [0.25, 0.3) is 0 Å². The molecule has 0 radical (unpaired) electrons. The summed E-state index contributed by atoms with van der Waals surface area (Å²) >= 11 is 11.9. The highest BCUT2D eigenvalue weighted by molar-refractivity contribution is 6.38. The third-order valence-electron chi connectivity index (χ3n) is 2.88. The van der Waals surface area contributed by atoms with Crippen molar-refractivity contribution in [2.24, 2.45) is 0 Å². The van der Waals surface area contributed by atoms with Crippen molar-refractivity contribution in [2.75, 3.05) is 0 Å². The van der Waals surface area contributed by atoms with Crippen LogP contribution in [0.15, 0.2) is 48.5 Å². The van der Waals surface area contributed by atoms with Gasteiger partial charge in [-0.2, -0.15) is 13.2 Å². The Labute approximate surface area is 129 Å². The Morgan fingerprint density at radius 2 is 1.67 bits per heavy atom. The molecule has 0 saturated carbocycles. The van der Waals surface area contributed by atoms with E-state index in [9.17, 15) is 18.0 Å². The van der Waals surface area contributed by atoms with E-state index in [-0.39, 0.29) is 10.6 Å². The smallest absolute Gasteiger partial charge is 0.292 e. The molecule has 1 nitrogen and oxygen atoms in total. The minimum Gasteiger partial charge on any atom is -0.292 e. The fourth-order valence-electron chi connectivity index (χ4n) is 1.80. The van der Waals surface area contributed by atoms with Crippen molar-refractivity contribution in [3.8, 4) is 0 Å². The fourth-order valence-corrected chi connectivity index (χ4v) is 2.27. The Kier molecular flexibility index (Phi) is 4.59. The van der Waals surface area contributed by atoms with Gasteiger partial charge < -0.3 is 0 Å². The first-order chi connectivity index (χ1) is 9.80. The summed E-state index contributed by atoms with van der Waals surface area (Å²) in [6, 6.07) is 11.0. The summed E-state index contributed by atoms with van der Waals surface area (Å²) in [6.07, 6.45) is -4.55. The Morgan fingerprint density at radius 1 is 1.05 bits per heavy atom. The number of halogens is 5. The average Bonchev–Trinajstić information content (AvgIpc) is 2.46. The number of carbonyl (C=O) groups excluding carboxylic acids is 1. The lowest BCUT2D eigenvalue weighted by molar-refractivity contribution is -0.137. The molecule has 0 aromatic heterocycles. The van der Waals surface area contributed by atoms with Crippen molar-refractivity contribution in [3.63, 3.8) is 0 Å². The molecule has 0 N–H and O–H groups in total. The summed E-state index contributed by atoms with van der Waals surface area (Å²) in [4.78, 5) is 12.3. The van der Waals surface area contributed by atoms with Crippen LogP contribution < -0.4 is 0 Å². The molecule has 0 fully saturated rings. The predicted molar refractivity (Wildman–Crippen MR) is 75.8 cm³/mol. The number of hydrogen-bond donors (Lipinski definition) is 0. The van der Waals surface area contributed by atoms with E-state index in [2.05, 4.69) is 0 Å². The van der Waals surface area contributed by atoms with Gasteiger partial charge in [-0.3, -0.25) is 4.79 Å². The van der Waals surface area contributed by atoms with Gasteiger partial charge in [0.1, 0.15) is 5.38 Å². The topological polar surface area (TPSA) is 17.1 Å². The number of ketones is 1. The third-order valence-corrected chi connectivity index (χ3v) is 3.66. The van der Waals surface area contributed by atoms with Crippen molar-refractivity contribution in [3.05, 3.63) is 70.2 Å². The van der Waals surface area contributed by atoms with Crippen LogP contribution in [0.3, 0.4) is 0 Å². The fraction of sp³-hybridized carbons (Fsp3) is 0.133. The summed E-state index contributed by atoms with van der Waals surface area (Å²) in [5.74, 6) is -0.668. The van der Waals surface area contributed by atoms with Crippen molar-refractivity contribution >= 4 is 29.0 Å². The number of carbonyl (C=O) groups is 1. The minimum absolute atomic E-state index is 0.0606. The second kappa shape index (κ2) is 6.08. The molecule has 0 bridgehead atoms. The summed E-state index contributed by atoms with van der Waals surface area (Å²) < 4.78 is 38.1. The average molecular weight is 333 g/mol. The highest BCUT2D eigenvalue weighted by Crippen LogP contribution is 2.34. The maximum absolute atomic E-state index is 12.7. The van der Waals surface area contributed by atoms with Crippen LogP contribution in [-0.2, 0) is 6.18 Å². The molecule has 6 heteroatoms. The normalized spacial score (nSPS) is 13.0. The van der Waals surface area contributed by atoms with Gasteiger partial charge in [-0.15, -0.1) is 11.6 Å². The lowest BCUT2D eigenvalue weighted by atomic mass is 10.0. The van der Waals surface area contributed by atoms with Gasteiger partial charge in [0.15, 0.2) is 5.78 Å². The Morgan fingerprint density at radius 3 is 2.24 bits per heavy atom. The van der Waals surface area contributed by atoms with Crippen molar-refractivity contribution < 1.29 is 18.0 Å². The largest absolute Gasteiger partial charge is 0.416 e. The van der Waals surface area contributed by atoms with Crippen LogP contribution in [0, 0.1) is 0 Å². The number of benzene rings is 2. The molecule has 0 amide bonds. The van der Waals surface area contributed by atoms with E-state index in [1.165, 1.54) is 0 Å². The molecule has 2 rings (SSSR count). The number of hydrogen-bond acceptors (Lipinski definition) is 1. The molecule has 2 aromatic carbocycles. The van der Waals surface area contributed by atoms with Crippen LogP contribution in [-0.4, -0.2) is 5.78 Å². The van der Waals surface area contributed by atoms with E-state index in [0.717, 1.165) is 18.2 Å². The number of Topliss-reactive ketones (excluding diaryl/α,β-unsaturated/α-hetero) is 1. The molecule has 0 aliphatic heterocycles. The highest BCUT2D eigenvalue weighted by Gasteiger charge is 2.32. The molecule has 0 aliphatic carbocycles. The molecule has 110 valence electrons. The molecular weight excluding hydrogens is 324 g/mol. The first-order valence-corrected chi connectivity index (χ1v) is 6.72. The molecule has 0 aliphatic rings. The second-order valence-electron chi connectivity index (χ2n) is 4.33. The van der Waals surface area contributed by atoms with Crippen molar-refractivity contribution in [1.29, 1.82) is 0 Å². The zero-order valence-corrected chi connectivity index (χ0v) is 12.0. The molecule has 2 aromatic rings. The first kappa shape index (κ1) is 15.9. The summed E-state index contributed by atoms with van der Waals surface area (Å²) in [5, 5.41) is -1.15. The highest BCUT2D eigenvalue weighted by atomic mass is 35.5. The van der Waals surface area contributed by atoms with Gasteiger partial charge >= 0.3 is 6.18 Å². The third kappa shape index (κ3) is 3.57. The van der Waals surface area contributed by atoms with Gasteiger partial charge in [-0.25, -0.2) is 0 Å². The molecular formula is C15H9Cl2F3O. The SMILES string of the molecule is O=C(c1cc(C(F)(F)F)ccc1Cl)C(Cl)c1ccccc1. The summed E-state index contributed by atoms with van der Waals surface area (Å²) in [5.41, 5.74) is -0.680. The van der Waals surface area contributed by atoms with Crippen LogP contribution in [0.2, 0.25) is 5.02 Å². The second-order valence-corrected chi connectivity index (χ2v) is 5.17. The standard InChI is InChI=1S/C15H9Cl2F3O/c16-12-7-6-10(15(18,19)20)8-11(12)14(21)13(17)9-4-2-1-3-5-9/h1-8,13H. The van der Waals surface area contributed by atoms with Crippen LogP contribution in [0.5, 0.6) is 0 Å².